The molecule has 1 fully saturated rings. The molecule has 2 rings (SSSR count). The standard InChI is InChI=1S/C15H23Br/c1-11-5-7-12(8-6-11)15(4)10-9-13(16)14(15,2)3/h5,8,13H,6-7,9-10H2,1-4H3/t13-,15-/m0/s1. The molecular formula is C15H23Br. The van der Waals surface area contributed by atoms with E-state index in [1.54, 1.807) is 5.57 Å². The molecule has 0 nitrogen and oxygen atoms in total. The third-order valence-electron chi connectivity index (χ3n) is 5.15. The first-order valence-corrected chi connectivity index (χ1v) is 7.29. The third kappa shape index (κ3) is 1.72. The van der Waals surface area contributed by atoms with E-state index in [0.29, 0.717) is 15.7 Å². The zero-order valence-corrected chi connectivity index (χ0v) is 12.5. The number of alkyl halides is 1. The van der Waals surface area contributed by atoms with E-state index in [4.69, 9.17) is 0 Å². The van der Waals surface area contributed by atoms with Crippen molar-refractivity contribution in [2.24, 2.45) is 10.8 Å². The summed E-state index contributed by atoms with van der Waals surface area (Å²) >= 11 is 3.87. The summed E-state index contributed by atoms with van der Waals surface area (Å²) < 4.78 is 0. The average molecular weight is 283 g/mol. The van der Waals surface area contributed by atoms with Crippen molar-refractivity contribution in [1.82, 2.24) is 0 Å². The van der Waals surface area contributed by atoms with Crippen LogP contribution in [0.5, 0.6) is 0 Å². The highest BCUT2D eigenvalue weighted by Gasteiger charge is 2.51. The fourth-order valence-corrected chi connectivity index (χ4v) is 3.94. The van der Waals surface area contributed by atoms with Gasteiger partial charge in [0.1, 0.15) is 0 Å². The average Bonchev–Trinajstić information content (AvgIpc) is 2.44. The Morgan fingerprint density at radius 1 is 1.19 bits per heavy atom. The van der Waals surface area contributed by atoms with Gasteiger partial charge in [0.2, 0.25) is 0 Å². The lowest BCUT2D eigenvalue weighted by atomic mass is 9.63. The van der Waals surface area contributed by atoms with Crippen molar-refractivity contribution in [2.45, 2.75) is 58.2 Å². The molecule has 16 heavy (non-hydrogen) atoms. The lowest BCUT2D eigenvalue weighted by molar-refractivity contribution is 0.180. The van der Waals surface area contributed by atoms with Gasteiger partial charge in [-0.25, -0.2) is 0 Å². The van der Waals surface area contributed by atoms with Crippen LogP contribution in [0.25, 0.3) is 0 Å². The van der Waals surface area contributed by atoms with Crippen molar-refractivity contribution in [3.8, 4) is 0 Å². The zero-order valence-electron chi connectivity index (χ0n) is 10.9. The summed E-state index contributed by atoms with van der Waals surface area (Å²) in [5, 5.41) is 0. The van der Waals surface area contributed by atoms with Crippen molar-refractivity contribution in [1.29, 1.82) is 0 Å². The smallest absolute Gasteiger partial charge is 0.0205 e. The van der Waals surface area contributed by atoms with Crippen LogP contribution >= 0.6 is 15.9 Å². The van der Waals surface area contributed by atoms with E-state index >= 15 is 0 Å². The van der Waals surface area contributed by atoms with Crippen molar-refractivity contribution in [3.63, 3.8) is 0 Å². The summed E-state index contributed by atoms with van der Waals surface area (Å²) in [7, 11) is 0. The van der Waals surface area contributed by atoms with E-state index in [1.807, 2.05) is 0 Å². The van der Waals surface area contributed by atoms with Crippen LogP contribution in [0.2, 0.25) is 0 Å². The highest BCUT2D eigenvalue weighted by Crippen LogP contribution is 2.60. The minimum absolute atomic E-state index is 0.373. The summed E-state index contributed by atoms with van der Waals surface area (Å²) in [4.78, 5) is 0.665. The Morgan fingerprint density at radius 3 is 2.31 bits per heavy atom. The van der Waals surface area contributed by atoms with Gasteiger partial charge in [-0.15, -0.1) is 0 Å². The van der Waals surface area contributed by atoms with E-state index in [9.17, 15) is 0 Å². The van der Waals surface area contributed by atoms with Crippen molar-refractivity contribution in [3.05, 3.63) is 23.3 Å². The molecular weight excluding hydrogens is 260 g/mol. The molecule has 0 spiro atoms. The highest BCUT2D eigenvalue weighted by atomic mass is 79.9. The topological polar surface area (TPSA) is 0 Å². The van der Waals surface area contributed by atoms with Gasteiger partial charge in [-0.1, -0.05) is 60.0 Å². The van der Waals surface area contributed by atoms with E-state index in [-0.39, 0.29) is 0 Å². The second kappa shape index (κ2) is 4.01. The first-order chi connectivity index (χ1) is 7.38. The molecule has 0 aliphatic heterocycles. The molecule has 0 heterocycles. The molecule has 2 aliphatic rings. The van der Waals surface area contributed by atoms with Gasteiger partial charge in [0.25, 0.3) is 0 Å². The number of allylic oxidation sites excluding steroid dienone is 4. The van der Waals surface area contributed by atoms with E-state index in [0.717, 1.165) is 6.42 Å². The summed E-state index contributed by atoms with van der Waals surface area (Å²) in [6.07, 6.45) is 9.87. The summed E-state index contributed by atoms with van der Waals surface area (Å²) in [5.41, 5.74) is 3.96. The largest absolute Gasteiger partial charge is 0.0885 e. The van der Waals surface area contributed by atoms with Gasteiger partial charge in [-0.3, -0.25) is 0 Å². The molecule has 0 N–H and O–H groups in total. The SMILES string of the molecule is CC1=CCC([C@]2(C)CC[C@H](Br)C2(C)C)=CC1. The molecule has 0 saturated heterocycles. The molecule has 0 amide bonds. The second-order valence-corrected chi connectivity index (χ2v) is 7.35. The lowest BCUT2D eigenvalue weighted by Crippen LogP contribution is -2.36. The number of rotatable bonds is 1. The van der Waals surface area contributed by atoms with Crippen LogP contribution in [0.15, 0.2) is 23.3 Å². The molecule has 0 aromatic rings. The van der Waals surface area contributed by atoms with Gasteiger partial charge < -0.3 is 0 Å². The third-order valence-corrected chi connectivity index (χ3v) is 6.76. The number of hydrogen-bond acceptors (Lipinski definition) is 0. The molecule has 1 heteroatoms. The molecule has 0 radical (unpaired) electrons. The molecule has 2 aliphatic carbocycles. The van der Waals surface area contributed by atoms with Crippen LogP contribution in [-0.4, -0.2) is 4.83 Å². The first-order valence-electron chi connectivity index (χ1n) is 6.37. The Labute approximate surface area is 108 Å². The van der Waals surface area contributed by atoms with Crippen LogP contribution in [0, 0.1) is 10.8 Å². The normalized spacial score (nSPS) is 38.2. The van der Waals surface area contributed by atoms with Gasteiger partial charge in [-0.05, 0) is 43.4 Å². The Morgan fingerprint density at radius 2 is 1.88 bits per heavy atom. The fraction of sp³-hybridized carbons (Fsp3) is 0.733. The maximum Gasteiger partial charge on any atom is 0.0205 e. The predicted octanol–water partition coefficient (Wildman–Crippen LogP) is 5.24. The van der Waals surface area contributed by atoms with Crippen molar-refractivity contribution < 1.29 is 0 Å². The minimum atomic E-state index is 0.373. The quantitative estimate of drug-likeness (QED) is 0.456. The summed E-state index contributed by atoms with van der Waals surface area (Å²) in [6.45, 7) is 9.55. The van der Waals surface area contributed by atoms with Crippen LogP contribution in [0.4, 0.5) is 0 Å². The van der Waals surface area contributed by atoms with Crippen molar-refractivity contribution >= 4 is 15.9 Å². The van der Waals surface area contributed by atoms with Gasteiger partial charge in [-0.2, -0.15) is 0 Å². The molecule has 2 atom stereocenters. The molecule has 90 valence electrons. The van der Waals surface area contributed by atoms with Gasteiger partial charge >= 0.3 is 0 Å². The molecule has 0 aromatic carbocycles. The van der Waals surface area contributed by atoms with Crippen molar-refractivity contribution in [2.75, 3.05) is 0 Å². The van der Waals surface area contributed by atoms with Crippen LogP contribution in [0.3, 0.4) is 0 Å². The number of hydrogen-bond donors (Lipinski definition) is 0. The second-order valence-electron chi connectivity index (χ2n) is 6.25. The molecule has 0 bridgehead atoms. The molecule has 1 saturated carbocycles. The summed E-state index contributed by atoms with van der Waals surface area (Å²) in [6, 6.07) is 0. The molecule has 0 aromatic heterocycles. The fourth-order valence-electron chi connectivity index (χ4n) is 3.20. The Kier molecular flexibility index (Phi) is 3.11. The Balaban J connectivity index is 2.27. The summed E-state index contributed by atoms with van der Waals surface area (Å²) in [5.74, 6) is 0. The lowest BCUT2D eigenvalue weighted by Gasteiger charge is -2.43. The number of halogens is 1. The van der Waals surface area contributed by atoms with Gasteiger partial charge in [0.05, 0.1) is 0 Å². The zero-order chi connectivity index (χ0) is 12.0. The monoisotopic (exact) mass is 282 g/mol. The van der Waals surface area contributed by atoms with Gasteiger partial charge in [0, 0.05) is 4.83 Å². The maximum atomic E-state index is 3.87. The van der Waals surface area contributed by atoms with Crippen LogP contribution in [0.1, 0.15) is 53.4 Å². The van der Waals surface area contributed by atoms with Gasteiger partial charge in [0.15, 0.2) is 0 Å². The van der Waals surface area contributed by atoms with Crippen LogP contribution in [-0.2, 0) is 0 Å². The molecule has 0 unspecified atom stereocenters. The maximum absolute atomic E-state index is 3.87. The predicted molar refractivity (Wildman–Crippen MR) is 74.9 cm³/mol. The Hall–Kier alpha value is -0.0400. The van der Waals surface area contributed by atoms with E-state index < -0.39 is 0 Å². The van der Waals surface area contributed by atoms with E-state index in [2.05, 4.69) is 55.8 Å². The van der Waals surface area contributed by atoms with E-state index in [1.165, 1.54) is 24.8 Å². The van der Waals surface area contributed by atoms with Crippen LogP contribution < -0.4 is 0 Å². The minimum Gasteiger partial charge on any atom is -0.0885 e. The Bertz CT molecular complexity index is 348. The highest BCUT2D eigenvalue weighted by molar-refractivity contribution is 9.09. The first kappa shape index (κ1) is 12.4.